The smallest absolute Gasteiger partial charge is 0.197 e. The Labute approximate surface area is 141 Å². The van der Waals surface area contributed by atoms with Gasteiger partial charge in [-0.25, -0.2) is 0 Å². The fraction of sp³-hybridized carbons (Fsp3) is 0.421. The second-order valence-electron chi connectivity index (χ2n) is 6.00. The lowest BCUT2D eigenvalue weighted by Gasteiger charge is -2.27. The molecule has 2 aromatic rings. The van der Waals surface area contributed by atoms with Crippen LogP contribution < -0.4 is 10.2 Å². The van der Waals surface area contributed by atoms with E-state index in [-0.39, 0.29) is 11.5 Å². The molecule has 0 spiro atoms. The maximum Gasteiger partial charge on any atom is 0.197 e. The quantitative estimate of drug-likeness (QED) is 0.817. The molecule has 0 saturated carbocycles. The maximum absolute atomic E-state index is 12.4. The molecule has 0 fully saturated rings. The summed E-state index contributed by atoms with van der Waals surface area (Å²) in [5, 5.41) is 0. The minimum Gasteiger partial charge on any atom is -0.476 e. The first-order valence-electron chi connectivity index (χ1n) is 8.13. The number of ether oxygens (including phenoxy) is 3. The number of methoxy groups -OCH3 is 2. The van der Waals surface area contributed by atoms with Crippen molar-refractivity contribution in [2.75, 3.05) is 27.4 Å². The minimum atomic E-state index is -0.168. The van der Waals surface area contributed by atoms with Crippen LogP contribution in [0.3, 0.4) is 0 Å². The lowest BCUT2D eigenvalue weighted by molar-refractivity contribution is -0.000948. The number of benzene rings is 1. The van der Waals surface area contributed by atoms with Gasteiger partial charge in [0.25, 0.3) is 0 Å². The Bertz CT molecular complexity index is 781. The van der Waals surface area contributed by atoms with Gasteiger partial charge in [-0.15, -0.1) is 0 Å². The van der Waals surface area contributed by atoms with Crippen molar-refractivity contribution in [3.05, 3.63) is 51.7 Å². The van der Waals surface area contributed by atoms with Gasteiger partial charge < -0.3 is 18.8 Å². The molecule has 0 saturated heterocycles. The van der Waals surface area contributed by atoms with Crippen molar-refractivity contribution >= 4 is 0 Å². The third-order valence-corrected chi connectivity index (χ3v) is 4.50. The van der Waals surface area contributed by atoms with Crippen LogP contribution in [-0.2, 0) is 22.4 Å². The molecular weight excluding hydrogens is 306 g/mol. The van der Waals surface area contributed by atoms with Crippen molar-refractivity contribution < 1.29 is 14.2 Å². The van der Waals surface area contributed by atoms with E-state index in [1.54, 1.807) is 20.3 Å². The van der Waals surface area contributed by atoms with Gasteiger partial charge in [0.2, 0.25) is 0 Å². The summed E-state index contributed by atoms with van der Waals surface area (Å²) in [5.74, 6) is 0.591. The van der Waals surface area contributed by atoms with Gasteiger partial charge in [-0.05, 0) is 18.9 Å². The van der Waals surface area contributed by atoms with Crippen LogP contribution >= 0.6 is 0 Å². The van der Waals surface area contributed by atoms with Gasteiger partial charge in [0, 0.05) is 38.0 Å². The van der Waals surface area contributed by atoms with Crippen molar-refractivity contribution in [1.29, 1.82) is 0 Å². The minimum absolute atomic E-state index is 0.00587. The van der Waals surface area contributed by atoms with E-state index in [4.69, 9.17) is 14.2 Å². The highest BCUT2D eigenvalue weighted by Crippen LogP contribution is 2.33. The molecule has 5 nitrogen and oxygen atoms in total. The summed E-state index contributed by atoms with van der Waals surface area (Å²) in [7, 11) is 3.25. The van der Waals surface area contributed by atoms with E-state index in [0.717, 1.165) is 29.8 Å². The van der Waals surface area contributed by atoms with E-state index in [1.165, 1.54) is 5.56 Å². The lowest BCUT2D eigenvalue weighted by Crippen LogP contribution is -2.28. The van der Waals surface area contributed by atoms with E-state index >= 15 is 0 Å². The van der Waals surface area contributed by atoms with Crippen LogP contribution in [0, 0.1) is 6.92 Å². The second-order valence-corrected chi connectivity index (χ2v) is 6.00. The van der Waals surface area contributed by atoms with Gasteiger partial charge >= 0.3 is 0 Å². The van der Waals surface area contributed by atoms with Crippen molar-refractivity contribution in [3.63, 3.8) is 0 Å². The normalized spacial score (nSPS) is 14.0. The Morgan fingerprint density at radius 1 is 1.21 bits per heavy atom. The van der Waals surface area contributed by atoms with Crippen molar-refractivity contribution in [3.8, 4) is 17.1 Å². The largest absolute Gasteiger partial charge is 0.476 e. The van der Waals surface area contributed by atoms with Gasteiger partial charge in [0.05, 0.1) is 12.3 Å². The zero-order valence-corrected chi connectivity index (χ0v) is 14.4. The topological polar surface area (TPSA) is 49.7 Å². The summed E-state index contributed by atoms with van der Waals surface area (Å²) < 4.78 is 18.5. The van der Waals surface area contributed by atoms with Crippen molar-refractivity contribution in [2.45, 2.75) is 26.0 Å². The molecule has 128 valence electrons. The first-order chi connectivity index (χ1) is 11.7. The molecule has 1 atom stereocenters. The first-order valence-corrected chi connectivity index (χ1v) is 8.13. The standard InChI is InChI=1S/C19H23NO4/c1-13-17(21)10-18(24-12-15(23-3)11-22-2)20-9-8-14-6-4-5-7-16(14)19(13)20/h4-7,10,15H,8-9,11-12H2,1-3H3/t15-/m0/s1. The molecule has 0 unspecified atom stereocenters. The summed E-state index contributed by atoms with van der Waals surface area (Å²) in [5.41, 5.74) is 4.10. The van der Waals surface area contributed by atoms with E-state index in [0.29, 0.717) is 19.1 Å². The van der Waals surface area contributed by atoms with Crippen LogP contribution in [0.4, 0.5) is 0 Å². The molecule has 3 rings (SSSR count). The zero-order chi connectivity index (χ0) is 17.1. The fourth-order valence-electron chi connectivity index (χ4n) is 3.17. The summed E-state index contributed by atoms with van der Waals surface area (Å²) >= 11 is 0. The van der Waals surface area contributed by atoms with Crippen molar-refractivity contribution in [1.82, 2.24) is 4.57 Å². The van der Waals surface area contributed by atoms with Gasteiger partial charge in [0.15, 0.2) is 11.3 Å². The van der Waals surface area contributed by atoms with E-state index < -0.39 is 0 Å². The highest BCUT2D eigenvalue weighted by atomic mass is 16.6. The predicted octanol–water partition coefficient (Wildman–Crippen LogP) is 2.42. The molecule has 1 aliphatic heterocycles. The van der Waals surface area contributed by atoms with Crippen LogP contribution in [0.1, 0.15) is 11.1 Å². The number of nitrogens with zero attached hydrogens (tertiary/aromatic N) is 1. The van der Waals surface area contributed by atoms with E-state index in [2.05, 4.69) is 16.7 Å². The molecule has 2 heterocycles. The number of pyridine rings is 1. The monoisotopic (exact) mass is 329 g/mol. The van der Waals surface area contributed by atoms with Gasteiger partial charge in [0.1, 0.15) is 12.7 Å². The Hall–Kier alpha value is -2.11. The molecule has 0 aliphatic carbocycles. The number of hydrogen-bond donors (Lipinski definition) is 0. The second kappa shape index (κ2) is 7.20. The third-order valence-electron chi connectivity index (χ3n) is 4.50. The molecule has 0 amide bonds. The summed E-state index contributed by atoms with van der Waals surface area (Å²) in [4.78, 5) is 12.4. The number of fused-ring (bicyclic) bond motifs is 3. The number of hydrogen-bond acceptors (Lipinski definition) is 4. The Kier molecular flexibility index (Phi) is 5.02. The van der Waals surface area contributed by atoms with E-state index in [9.17, 15) is 4.79 Å². The van der Waals surface area contributed by atoms with Crippen LogP contribution in [0.2, 0.25) is 0 Å². The molecule has 0 radical (unpaired) electrons. The lowest BCUT2D eigenvalue weighted by atomic mass is 9.95. The highest BCUT2D eigenvalue weighted by Gasteiger charge is 2.22. The predicted molar refractivity (Wildman–Crippen MR) is 92.7 cm³/mol. The van der Waals surface area contributed by atoms with Crippen LogP contribution in [-0.4, -0.2) is 38.1 Å². The number of rotatable bonds is 6. The Balaban J connectivity index is 1.99. The number of aromatic nitrogens is 1. The molecule has 1 aliphatic rings. The van der Waals surface area contributed by atoms with Crippen LogP contribution in [0.5, 0.6) is 5.88 Å². The zero-order valence-electron chi connectivity index (χ0n) is 14.4. The van der Waals surface area contributed by atoms with Gasteiger partial charge in [-0.1, -0.05) is 24.3 Å². The molecule has 5 heteroatoms. The SMILES string of the molecule is COC[C@@H](COc1cc(=O)c(C)c2n1CCc1ccccc1-2)OC. The summed E-state index contributed by atoms with van der Waals surface area (Å²) in [6.07, 6.45) is 0.756. The molecular formula is C19H23NO4. The molecule has 1 aromatic heterocycles. The average Bonchev–Trinajstić information content (AvgIpc) is 2.61. The van der Waals surface area contributed by atoms with Crippen LogP contribution in [0.15, 0.2) is 35.1 Å². The maximum atomic E-state index is 12.4. The molecule has 1 aromatic carbocycles. The van der Waals surface area contributed by atoms with E-state index in [1.807, 2.05) is 19.1 Å². The fourth-order valence-corrected chi connectivity index (χ4v) is 3.17. The van der Waals surface area contributed by atoms with Gasteiger partial charge in [-0.2, -0.15) is 0 Å². The highest BCUT2D eigenvalue weighted by molar-refractivity contribution is 5.69. The average molecular weight is 329 g/mol. The summed E-state index contributed by atoms with van der Waals surface area (Å²) in [6, 6.07) is 9.81. The Morgan fingerprint density at radius 2 is 2.00 bits per heavy atom. The molecule has 24 heavy (non-hydrogen) atoms. The third kappa shape index (κ3) is 3.09. The summed E-state index contributed by atoms with van der Waals surface area (Å²) in [6.45, 7) is 3.46. The van der Waals surface area contributed by atoms with Crippen molar-refractivity contribution in [2.24, 2.45) is 0 Å². The Morgan fingerprint density at radius 3 is 2.75 bits per heavy atom. The van der Waals surface area contributed by atoms with Gasteiger partial charge in [-0.3, -0.25) is 4.79 Å². The molecule has 0 N–H and O–H groups in total. The molecule has 0 bridgehead atoms. The first kappa shape index (κ1) is 16.7. The number of aryl methyl sites for hydroxylation is 1. The van der Waals surface area contributed by atoms with Crippen LogP contribution in [0.25, 0.3) is 11.3 Å².